The predicted molar refractivity (Wildman–Crippen MR) is 140 cm³/mol. The lowest BCUT2D eigenvalue weighted by molar-refractivity contribution is -0.126. The Morgan fingerprint density at radius 1 is 1.11 bits per heavy atom. The number of hydrogen-bond donors (Lipinski definition) is 5. The Morgan fingerprint density at radius 2 is 1.92 bits per heavy atom. The molecule has 0 bridgehead atoms. The molecule has 2 atom stereocenters. The number of fused-ring (bicyclic) bond motifs is 1. The molecule has 3 aromatic rings. The van der Waals surface area contributed by atoms with Gasteiger partial charge in [-0.2, -0.15) is 5.10 Å². The predicted octanol–water partition coefficient (Wildman–Crippen LogP) is 4.93. The minimum absolute atomic E-state index is 0.0798. The molecule has 10 heteroatoms. The molecule has 0 spiro atoms. The molecule has 3 heterocycles. The molecule has 2 aromatic heterocycles. The number of hydrogen-bond acceptors (Lipinski definition) is 7. The molecule has 8 nitrogen and oxygen atoms in total. The standard InChI is InChI=1S/C27H34F2N8/c28-27(29)12-10-23(27)37-16-19(15-32-37)21(22-14-24(30)33-26-25(22)34-36-35-26)11-13-31-20-8-6-18(7-9-20)17-4-2-1-3-5-17/h1-5,14-16,18,20-21,23,31,34,36H,6-13H2,(H3,30,33,35). The summed E-state index contributed by atoms with van der Waals surface area (Å²) in [5.41, 5.74) is 19.3. The molecule has 6 N–H and O–H groups in total. The molecule has 196 valence electrons. The number of nitrogens with zero attached hydrogens (tertiary/aromatic N) is 3. The Morgan fingerprint density at radius 3 is 2.65 bits per heavy atom. The van der Waals surface area contributed by atoms with Gasteiger partial charge < -0.3 is 16.5 Å². The van der Waals surface area contributed by atoms with Gasteiger partial charge in [0.2, 0.25) is 0 Å². The monoisotopic (exact) mass is 508 g/mol. The van der Waals surface area contributed by atoms with Crippen LogP contribution in [0.25, 0.3) is 0 Å². The highest BCUT2D eigenvalue weighted by atomic mass is 19.3. The average Bonchev–Trinajstić information content (AvgIpc) is 3.56. The van der Waals surface area contributed by atoms with Crippen LogP contribution in [0, 0.1) is 0 Å². The van der Waals surface area contributed by atoms with Crippen LogP contribution in [0.2, 0.25) is 0 Å². The van der Waals surface area contributed by atoms with Crippen molar-refractivity contribution in [3.05, 3.63) is 65.5 Å². The van der Waals surface area contributed by atoms with Gasteiger partial charge in [-0.1, -0.05) is 30.3 Å². The highest BCUT2D eigenvalue weighted by molar-refractivity contribution is 5.75. The zero-order valence-corrected chi connectivity index (χ0v) is 20.8. The lowest BCUT2D eigenvalue weighted by Gasteiger charge is -2.36. The average molecular weight is 509 g/mol. The van der Waals surface area contributed by atoms with Crippen molar-refractivity contribution in [2.24, 2.45) is 0 Å². The fourth-order valence-electron chi connectivity index (χ4n) is 6.05. The van der Waals surface area contributed by atoms with Crippen LogP contribution in [-0.2, 0) is 0 Å². The minimum Gasteiger partial charge on any atom is -0.384 e. The fraction of sp³-hybridized carbons (Fsp3) is 0.481. The van der Waals surface area contributed by atoms with Crippen molar-refractivity contribution in [2.75, 3.05) is 23.1 Å². The molecule has 0 amide bonds. The third-order valence-corrected chi connectivity index (χ3v) is 8.26. The third kappa shape index (κ3) is 4.87. The number of nitrogens with one attached hydrogen (secondary N) is 4. The summed E-state index contributed by atoms with van der Waals surface area (Å²) in [7, 11) is 0. The van der Waals surface area contributed by atoms with Gasteiger partial charge in [0.05, 0.1) is 11.9 Å². The summed E-state index contributed by atoms with van der Waals surface area (Å²) in [6.45, 7) is 0.800. The van der Waals surface area contributed by atoms with Gasteiger partial charge in [-0.05, 0) is 73.7 Å². The maximum Gasteiger partial charge on any atom is 0.270 e. The van der Waals surface area contributed by atoms with Crippen LogP contribution in [0.1, 0.15) is 79.5 Å². The largest absolute Gasteiger partial charge is 0.384 e. The number of anilines is 3. The van der Waals surface area contributed by atoms with Crippen LogP contribution in [0.5, 0.6) is 0 Å². The normalized spacial score (nSPS) is 25.0. The molecule has 3 aliphatic rings. The SMILES string of the molecule is Nc1cc(C(CCNC2CCC(c3ccccc3)CC2)c2cnn(C3CCC3(F)F)c2)c2c(n1)NNN2. The number of rotatable bonds is 8. The van der Waals surface area contributed by atoms with Gasteiger partial charge in [-0.25, -0.2) is 13.8 Å². The van der Waals surface area contributed by atoms with Gasteiger partial charge in [0.25, 0.3) is 5.92 Å². The topological polar surface area (TPSA) is 105 Å². The van der Waals surface area contributed by atoms with E-state index in [9.17, 15) is 8.78 Å². The van der Waals surface area contributed by atoms with Crippen LogP contribution < -0.4 is 27.4 Å². The van der Waals surface area contributed by atoms with E-state index in [-0.39, 0.29) is 12.3 Å². The summed E-state index contributed by atoms with van der Waals surface area (Å²) < 4.78 is 29.6. The fourth-order valence-corrected chi connectivity index (χ4v) is 6.05. The summed E-state index contributed by atoms with van der Waals surface area (Å²) in [6, 6.07) is 12.3. The summed E-state index contributed by atoms with van der Waals surface area (Å²) in [5.74, 6) is -1.11. The van der Waals surface area contributed by atoms with Gasteiger partial charge in [-0.3, -0.25) is 10.1 Å². The molecule has 37 heavy (non-hydrogen) atoms. The second-order valence-electron chi connectivity index (χ2n) is 10.6. The Kier molecular flexibility index (Phi) is 6.46. The molecular formula is C27H34F2N8. The van der Waals surface area contributed by atoms with E-state index in [2.05, 4.69) is 62.1 Å². The maximum absolute atomic E-state index is 14.1. The van der Waals surface area contributed by atoms with E-state index in [4.69, 9.17) is 5.73 Å². The molecule has 0 saturated heterocycles. The van der Waals surface area contributed by atoms with Crippen LogP contribution in [0.15, 0.2) is 48.8 Å². The Labute approximate surface area is 215 Å². The van der Waals surface area contributed by atoms with Crippen molar-refractivity contribution in [3.8, 4) is 0 Å². The zero-order chi connectivity index (χ0) is 25.4. The third-order valence-electron chi connectivity index (χ3n) is 8.26. The van der Waals surface area contributed by atoms with Crippen molar-refractivity contribution in [2.45, 2.75) is 74.8 Å². The van der Waals surface area contributed by atoms with E-state index in [0.29, 0.717) is 30.0 Å². The first-order valence-electron chi connectivity index (χ1n) is 13.3. The van der Waals surface area contributed by atoms with Gasteiger partial charge in [-0.15, -0.1) is 5.53 Å². The van der Waals surface area contributed by atoms with Gasteiger partial charge >= 0.3 is 0 Å². The molecule has 0 radical (unpaired) electrons. The van der Waals surface area contributed by atoms with Gasteiger partial charge in [0.15, 0.2) is 5.82 Å². The van der Waals surface area contributed by atoms with E-state index < -0.39 is 12.0 Å². The van der Waals surface area contributed by atoms with E-state index in [1.165, 1.54) is 23.1 Å². The summed E-state index contributed by atoms with van der Waals surface area (Å²) >= 11 is 0. The summed E-state index contributed by atoms with van der Waals surface area (Å²) in [5, 5.41) is 8.11. The van der Waals surface area contributed by atoms with Gasteiger partial charge in [0.1, 0.15) is 11.9 Å². The number of aromatic nitrogens is 3. The number of alkyl halides is 2. The molecule has 1 aliphatic heterocycles. The molecule has 1 aromatic carbocycles. The lowest BCUT2D eigenvalue weighted by Crippen LogP contribution is -2.40. The number of halogens is 2. The first-order chi connectivity index (χ1) is 18.0. The smallest absolute Gasteiger partial charge is 0.270 e. The van der Waals surface area contributed by atoms with Crippen molar-refractivity contribution in [1.29, 1.82) is 0 Å². The molecule has 2 unspecified atom stereocenters. The number of pyridine rings is 1. The van der Waals surface area contributed by atoms with Crippen molar-refractivity contribution >= 4 is 17.3 Å². The molecule has 6 rings (SSSR count). The van der Waals surface area contributed by atoms with Crippen LogP contribution in [0.3, 0.4) is 0 Å². The highest BCUT2D eigenvalue weighted by Gasteiger charge is 2.50. The molecule has 2 fully saturated rings. The second kappa shape index (κ2) is 9.90. The number of hydrazine groups is 2. The maximum atomic E-state index is 14.1. The Hall–Kier alpha value is -3.24. The van der Waals surface area contributed by atoms with Crippen LogP contribution in [-0.4, -0.2) is 33.3 Å². The van der Waals surface area contributed by atoms with Crippen LogP contribution >= 0.6 is 0 Å². The first-order valence-corrected chi connectivity index (χ1v) is 13.3. The van der Waals surface area contributed by atoms with Crippen LogP contribution in [0.4, 0.5) is 26.1 Å². The quantitative estimate of drug-likeness (QED) is 0.294. The molecule has 2 saturated carbocycles. The number of nitrogens with two attached hydrogens (primary N) is 1. The summed E-state index contributed by atoms with van der Waals surface area (Å²) in [6.07, 6.45) is 9.31. The van der Waals surface area contributed by atoms with E-state index in [0.717, 1.165) is 42.6 Å². The highest BCUT2D eigenvalue weighted by Crippen LogP contribution is 2.47. The van der Waals surface area contributed by atoms with Gasteiger partial charge in [0, 0.05) is 24.6 Å². The first kappa shape index (κ1) is 24.1. The second-order valence-corrected chi connectivity index (χ2v) is 10.6. The number of nitrogen functional groups attached to an aromatic ring is 1. The molecule has 2 aliphatic carbocycles. The van der Waals surface area contributed by atoms with Crippen molar-refractivity contribution in [1.82, 2.24) is 25.6 Å². The van der Waals surface area contributed by atoms with Crippen molar-refractivity contribution in [3.63, 3.8) is 0 Å². The summed E-state index contributed by atoms with van der Waals surface area (Å²) in [4.78, 5) is 4.36. The lowest BCUT2D eigenvalue weighted by atomic mass is 9.81. The minimum atomic E-state index is -2.70. The van der Waals surface area contributed by atoms with E-state index >= 15 is 0 Å². The number of benzene rings is 1. The zero-order valence-electron chi connectivity index (χ0n) is 20.8. The van der Waals surface area contributed by atoms with E-state index in [1.807, 2.05) is 6.07 Å². The van der Waals surface area contributed by atoms with Crippen molar-refractivity contribution < 1.29 is 8.78 Å². The Bertz CT molecular complexity index is 1220. The Balaban J connectivity index is 1.16. The van der Waals surface area contributed by atoms with E-state index in [1.54, 1.807) is 12.4 Å². The molecular weight excluding hydrogens is 474 g/mol.